The van der Waals surface area contributed by atoms with Crippen LogP contribution in [-0.4, -0.2) is 26.4 Å². The van der Waals surface area contributed by atoms with Crippen molar-refractivity contribution in [2.24, 2.45) is 0 Å². The van der Waals surface area contributed by atoms with Crippen molar-refractivity contribution in [3.8, 4) is 11.5 Å². The quantitative estimate of drug-likeness (QED) is 0.0635. The second-order valence-corrected chi connectivity index (χ2v) is 23.8. The molecule has 0 fully saturated rings. The molecule has 0 aliphatic carbocycles. The van der Waals surface area contributed by atoms with Crippen LogP contribution in [-0.2, 0) is 13.1 Å². The molecule has 60 heavy (non-hydrogen) atoms. The van der Waals surface area contributed by atoms with E-state index in [9.17, 15) is 10.2 Å². The summed E-state index contributed by atoms with van der Waals surface area (Å²) in [5, 5.41) is 39.4. The van der Waals surface area contributed by atoms with Gasteiger partial charge in [0.15, 0.2) is 0 Å². The third-order valence-corrected chi connectivity index (χ3v) is 21.3. The predicted octanol–water partition coefficient (Wildman–Crippen LogP) is 7.66. The standard InChI is InChI=1S/C54H52N2O2Si2/c1-59(45-29-13-5-14-30-45,46-31-15-6-16-32-46)49-37-21-27-43(53(49)57)39-55-51(41-23-9-3-10-24-41)52(42-25-11-4-12-26-42)56-40-44-28-22-38-50(54(44)58)60(2,47-33-17-7-18-34-47)48-35-19-8-20-36-48/h3-38,51-52,55-58H,39-40H2,1-2H3/t51-,52?/m1/s1. The second-order valence-electron chi connectivity index (χ2n) is 15.9. The molecule has 4 nitrogen and oxygen atoms in total. The normalized spacial score (nSPS) is 12.8. The topological polar surface area (TPSA) is 64.5 Å². The van der Waals surface area contributed by atoms with Gasteiger partial charge in [-0.1, -0.05) is 231 Å². The first kappa shape index (κ1) is 40.5. The molecule has 0 aliphatic heterocycles. The van der Waals surface area contributed by atoms with Crippen LogP contribution in [0.1, 0.15) is 34.3 Å². The number of aromatic hydroxyl groups is 2. The van der Waals surface area contributed by atoms with Gasteiger partial charge in [0.25, 0.3) is 0 Å². The molecule has 6 heteroatoms. The van der Waals surface area contributed by atoms with Gasteiger partial charge in [0.05, 0.1) is 12.1 Å². The van der Waals surface area contributed by atoms with Gasteiger partial charge < -0.3 is 20.8 Å². The molecule has 0 amide bonds. The van der Waals surface area contributed by atoms with E-state index < -0.39 is 16.1 Å². The maximum atomic E-state index is 12.3. The number of para-hydroxylation sites is 2. The molecule has 8 rings (SSSR count). The summed E-state index contributed by atoms with van der Waals surface area (Å²) in [6.07, 6.45) is 0. The Labute approximate surface area is 356 Å². The maximum absolute atomic E-state index is 12.3. The fraction of sp³-hybridized carbons (Fsp3) is 0.111. The summed E-state index contributed by atoms with van der Waals surface area (Å²) in [4.78, 5) is 0. The molecule has 0 radical (unpaired) electrons. The van der Waals surface area contributed by atoms with Crippen molar-refractivity contribution in [1.29, 1.82) is 0 Å². The molecule has 1 unspecified atom stereocenters. The average molecular weight is 817 g/mol. The van der Waals surface area contributed by atoms with Gasteiger partial charge in [0, 0.05) is 24.2 Å². The van der Waals surface area contributed by atoms with Gasteiger partial charge >= 0.3 is 0 Å². The van der Waals surface area contributed by atoms with Crippen molar-refractivity contribution < 1.29 is 10.2 Å². The highest BCUT2D eigenvalue weighted by Crippen LogP contribution is 2.32. The molecule has 8 aromatic carbocycles. The molecule has 0 bridgehead atoms. The number of hydrogen-bond acceptors (Lipinski definition) is 4. The minimum atomic E-state index is -2.58. The summed E-state index contributed by atoms with van der Waals surface area (Å²) in [6, 6.07) is 75.7. The lowest BCUT2D eigenvalue weighted by atomic mass is 9.92. The maximum Gasteiger partial charge on any atom is 0.150 e. The first-order valence-electron chi connectivity index (χ1n) is 20.8. The van der Waals surface area contributed by atoms with Gasteiger partial charge in [0.1, 0.15) is 27.6 Å². The van der Waals surface area contributed by atoms with E-state index in [2.05, 4.69) is 218 Å². The molecule has 0 saturated heterocycles. The van der Waals surface area contributed by atoms with Gasteiger partial charge in [-0.25, -0.2) is 0 Å². The van der Waals surface area contributed by atoms with Crippen LogP contribution in [0.3, 0.4) is 0 Å². The van der Waals surface area contributed by atoms with Crippen LogP contribution in [0.2, 0.25) is 13.1 Å². The highest BCUT2D eigenvalue weighted by atomic mass is 28.3. The van der Waals surface area contributed by atoms with E-state index in [1.807, 2.05) is 24.3 Å². The molecule has 0 heterocycles. The van der Waals surface area contributed by atoms with Crippen LogP contribution in [0, 0.1) is 0 Å². The van der Waals surface area contributed by atoms with Crippen LogP contribution in [0.4, 0.5) is 0 Å². The number of nitrogens with one attached hydrogen (secondary N) is 2. The summed E-state index contributed by atoms with van der Waals surface area (Å²) in [6.45, 7) is 5.55. The minimum Gasteiger partial charge on any atom is -0.508 e. The van der Waals surface area contributed by atoms with Crippen molar-refractivity contribution >= 4 is 47.3 Å². The van der Waals surface area contributed by atoms with E-state index in [1.54, 1.807) is 0 Å². The van der Waals surface area contributed by atoms with Crippen molar-refractivity contribution in [3.05, 3.63) is 241 Å². The van der Waals surface area contributed by atoms with E-state index in [0.717, 1.165) is 32.6 Å². The molecule has 298 valence electrons. The molecule has 8 aromatic rings. The third kappa shape index (κ3) is 8.15. The minimum absolute atomic E-state index is 0.192. The van der Waals surface area contributed by atoms with Crippen LogP contribution in [0.25, 0.3) is 0 Å². The smallest absolute Gasteiger partial charge is 0.150 e. The largest absolute Gasteiger partial charge is 0.508 e. The van der Waals surface area contributed by atoms with Crippen molar-refractivity contribution in [2.75, 3.05) is 0 Å². The highest BCUT2D eigenvalue weighted by molar-refractivity contribution is 7.11. The number of phenols is 2. The first-order chi connectivity index (χ1) is 29.4. The van der Waals surface area contributed by atoms with Crippen LogP contribution in [0.5, 0.6) is 11.5 Å². The molecule has 0 aliphatic rings. The summed E-state index contributed by atoms with van der Waals surface area (Å²) >= 11 is 0. The number of rotatable bonds is 15. The zero-order valence-electron chi connectivity index (χ0n) is 34.2. The lowest BCUT2D eigenvalue weighted by Crippen LogP contribution is -2.64. The molecular weight excluding hydrogens is 765 g/mol. The van der Waals surface area contributed by atoms with Crippen LogP contribution in [0.15, 0.2) is 218 Å². The van der Waals surface area contributed by atoms with Gasteiger partial charge in [-0.05, 0) is 42.2 Å². The fourth-order valence-electron chi connectivity index (χ4n) is 8.93. The number of benzene rings is 8. The Bertz CT molecular complexity index is 2330. The Kier molecular flexibility index (Phi) is 12.4. The zero-order valence-corrected chi connectivity index (χ0v) is 36.2. The van der Waals surface area contributed by atoms with Crippen LogP contribution < -0.4 is 41.8 Å². The Balaban J connectivity index is 1.15. The van der Waals surface area contributed by atoms with E-state index in [-0.39, 0.29) is 12.1 Å². The van der Waals surface area contributed by atoms with E-state index in [0.29, 0.717) is 24.6 Å². The van der Waals surface area contributed by atoms with Crippen molar-refractivity contribution in [1.82, 2.24) is 10.6 Å². The van der Waals surface area contributed by atoms with Gasteiger partial charge in [-0.2, -0.15) is 0 Å². The molecule has 4 N–H and O–H groups in total. The highest BCUT2D eigenvalue weighted by Gasteiger charge is 2.38. The van der Waals surface area contributed by atoms with E-state index >= 15 is 0 Å². The molecular formula is C54H52N2O2Si2. The molecule has 0 aromatic heterocycles. The molecule has 0 spiro atoms. The Hall–Kier alpha value is -6.29. The van der Waals surface area contributed by atoms with Gasteiger partial charge in [-0.15, -0.1) is 0 Å². The average Bonchev–Trinajstić information content (AvgIpc) is 3.32. The summed E-state index contributed by atoms with van der Waals surface area (Å²) < 4.78 is 0. The van der Waals surface area contributed by atoms with Crippen LogP contribution >= 0.6 is 0 Å². The molecule has 0 saturated carbocycles. The number of phenolic OH excluding ortho intramolecular Hbond substituents is 2. The fourth-order valence-corrected chi connectivity index (χ4v) is 16.4. The van der Waals surface area contributed by atoms with Crippen molar-refractivity contribution in [3.63, 3.8) is 0 Å². The van der Waals surface area contributed by atoms with Gasteiger partial charge in [0.2, 0.25) is 0 Å². The van der Waals surface area contributed by atoms with Gasteiger partial charge in [-0.3, -0.25) is 0 Å². The Morgan fingerprint density at radius 1 is 0.350 bits per heavy atom. The summed E-state index contributed by atoms with van der Waals surface area (Å²) in [5.41, 5.74) is 3.94. The first-order valence-corrected chi connectivity index (χ1v) is 25.8. The van der Waals surface area contributed by atoms with Crippen molar-refractivity contribution in [2.45, 2.75) is 38.3 Å². The predicted molar refractivity (Wildman–Crippen MR) is 255 cm³/mol. The number of hydrogen-bond donors (Lipinski definition) is 4. The summed E-state index contributed by atoms with van der Waals surface area (Å²) in [7, 11) is -5.15. The Morgan fingerprint density at radius 2 is 0.617 bits per heavy atom. The Morgan fingerprint density at radius 3 is 0.900 bits per heavy atom. The van der Waals surface area contributed by atoms with E-state index in [1.165, 1.54) is 20.7 Å². The van der Waals surface area contributed by atoms with E-state index in [4.69, 9.17) is 0 Å². The SMILES string of the molecule is C[Si](c1ccccc1)(c1ccccc1)c1cccc(CNC(c2ccccc2)[C@H](NCc2cccc([Si](C)(c3ccccc3)c3ccccc3)c2O)c2ccccc2)c1O. The second kappa shape index (κ2) is 18.3. The third-order valence-electron chi connectivity index (χ3n) is 12.4. The lowest BCUT2D eigenvalue weighted by molar-refractivity contribution is 0.373. The monoisotopic (exact) mass is 816 g/mol. The zero-order chi connectivity index (χ0) is 41.4. The summed E-state index contributed by atoms with van der Waals surface area (Å²) in [5.74, 6) is 0.683. The molecule has 2 atom stereocenters. The lowest BCUT2D eigenvalue weighted by Gasteiger charge is -2.33.